The Hall–Kier alpha value is -1.34. The van der Waals surface area contributed by atoms with Gasteiger partial charge in [0.25, 0.3) is 0 Å². The predicted octanol–water partition coefficient (Wildman–Crippen LogP) is 2.84. The first-order valence-corrected chi connectivity index (χ1v) is 5.54. The first kappa shape index (κ1) is 8.93. The number of nitrogens with one attached hydrogen (secondary N) is 1. The van der Waals surface area contributed by atoms with Crippen molar-refractivity contribution in [3.63, 3.8) is 0 Å². The molecule has 1 aliphatic heterocycles. The van der Waals surface area contributed by atoms with Gasteiger partial charge in [0, 0.05) is 19.0 Å². The van der Waals surface area contributed by atoms with E-state index in [1.165, 1.54) is 21.9 Å². The minimum absolute atomic E-state index is 0.732. The van der Waals surface area contributed by atoms with Crippen LogP contribution in [0.3, 0.4) is 0 Å². The summed E-state index contributed by atoms with van der Waals surface area (Å²) < 4.78 is 0. The molecule has 1 saturated heterocycles. The fraction of sp³-hybridized carbons (Fsp3) is 0.286. The molecule has 15 heavy (non-hydrogen) atoms. The Balaban J connectivity index is 2.09. The number of aryl methyl sites for hydroxylation is 1. The number of hydrogen-bond acceptors (Lipinski definition) is 1. The van der Waals surface area contributed by atoms with E-state index < -0.39 is 0 Å². The second kappa shape index (κ2) is 3.35. The highest BCUT2D eigenvalue weighted by atomic mass is 14.9. The lowest BCUT2D eigenvalue weighted by Crippen LogP contribution is -2.39. The molecule has 0 bridgehead atoms. The first-order valence-electron chi connectivity index (χ1n) is 5.54. The monoisotopic (exact) mass is 197 g/mol. The average Bonchev–Trinajstić information content (AvgIpc) is 2.15. The summed E-state index contributed by atoms with van der Waals surface area (Å²) in [5.74, 6) is 0.732. The molecule has 1 nitrogen and oxygen atoms in total. The fourth-order valence-electron chi connectivity index (χ4n) is 2.16. The van der Waals surface area contributed by atoms with E-state index >= 15 is 0 Å². The van der Waals surface area contributed by atoms with Crippen LogP contribution >= 0.6 is 0 Å². The van der Waals surface area contributed by atoms with E-state index in [2.05, 4.69) is 48.6 Å². The van der Waals surface area contributed by atoms with Crippen molar-refractivity contribution >= 4 is 10.8 Å². The van der Waals surface area contributed by atoms with Crippen LogP contribution in [-0.4, -0.2) is 13.1 Å². The summed E-state index contributed by atoms with van der Waals surface area (Å²) >= 11 is 0. The molecule has 1 heteroatoms. The van der Waals surface area contributed by atoms with Gasteiger partial charge >= 0.3 is 0 Å². The fourth-order valence-corrected chi connectivity index (χ4v) is 2.16. The van der Waals surface area contributed by atoms with Crippen LogP contribution < -0.4 is 5.32 Å². The first-order chi connectivity index (χ1) is 7.33. The predicted molar refractivity (Wildman–Crippen MR) is 64.3 cm³/mol. The number of benzene rings is 2. The van der Waals surface area contributed by atoms with Crippen molar-refractivity contribution < 1.29 is 0 Å². The van der Waals surface area contributed by atoms with Crippen LogP contribution in [0.1, 0.15) is 17.0 Å². The van der Waals surface area contributed by atoms with Gasteiger partial charge < -0.3 is 5.32 Å². The van der Waals surface area contributed by atoms with Crippen molar-refractivity contribution in [1.82, 2.24) is 5.32 Å². The zero-order chi connectivity index (χ0) is 10.3. The molecule has 1 N–H and O–H groups in total. The number of fused-ring (bicyclic) bond motifs is 1. The molecule has 1 heterocycles. The third-order valence-corrected chi connectivity index (χ3v) is 3.27. The van der Waals surface area contributed by atoms with Crippen LogP contribution in [0.25, 0.3) is 10.8 Å². The van der Waals surface area contributed by atoms with Crippen molar-refractivity contribution in [2.45, 2.75) is 12.8 Å². The minimum atomic E-state index is 0.732. The van der Waals surface area contributed by atoms with Crippen molar-refractivity contribution in [3.05, 3.63) is 47.5 Å². The molecule has 0 radical (unpaired) electrons. The van der Waals surface area contributed by atoms with Gasteiger partial charge in [0.05, 0.1) is 0 Å². The van der Waals surface area contributed by atoms with Gasteiger partial charge in [-0.15, -0.1) is 0 Å². The van der Waals surface area contributed by atoms with Crippen LogP contribution in [0.2, 0.25) is 0 Å². The molecule has 3 rings (SSSR count). The van der Waals surface area contributed by atoms with Crippen molar-refractivity contribution in [1.29, 1.82) is 0 Å². The lowest BCUT2D eigenvalue weighted by atomic mass is 9.92. The molecule has 0 aromatic heterocycles. The molecule has 0 unspecified atom stereocenters. The van der Waals surface area contributed by atoms with Gasteiger partial charge in [-0.1, -0.05) is 42.0 Å². The third kappa shape index (κ3) is 1.53. The van der Waals surface area contributed by atoms with Gasteiger partial charge in [0.2, 0.25) is 0 Å². The standard InChI is InChI=1S/C14H15N/c1-10-2-3-12-7-13(14-8-15-9-14)5-4-11(12)6-10/h2-7,14-15H,8-9H2,1H3. The molecule has 1 aliphatic rings. The second-order valence-electron chi connectivity index (χ2n) is 4.47. The Morgan fingerprint density at radius 1 is 1.00 bits per heavy atom. The van der Waals surface area contributed by atoms with Gasteiger partial charge in [0.1, 0.15) is 0 Å². The SMILES string of the molecule is Cc1ccc2cc(C3CNC3)ccc2c1. The third-order valence-electron chi connectivity index (χ3n) is 3.27. The summed E-state index contributed by atoms with van der Waals surface area (Å²) in [6.45, 7) is 4.41. The van der Waals surface area contributed by atoms with Gasteiger partial charge in [0.15, 0.2) is 0 Å². The van der Waals surface area contributed by atoms with E-state index in [-0.39, 0.29) is 0 Å². The largest absolute Gasteiger partial charge is 0.315 e. The van der Waals surface area contributed by atoms with Crippen LogP contribution in [0.15, 0.2) is 36.4 Å². The molecule has 76 valence electrons. The molecule has 0 aliphatic carbocycles. The Labute approximate surface area is 90.1 Å². The molecular weight excluding hydrogens is 182 g/mol. The zero-order valence-corrected chi connectivity index (χ0v) is 8.96. The lowest BCUT2D eigenvalue weighted by molar-refractivity contribution is 0.449. The minimum Gasteiger partial charge on any atom is -0.315 e. The Morgan fingerprint density at radius 3 is 2.47 bits per heavy atom. The molecule has 0 atom stereocenters. The van der Waals surface area contributed by atoms with E-state index in [9.17, 15) is 0 Å². The molecule has 2 aromatic carbocycles. The maximum atomic E-state index is 3.32. The van der Waals surface area contributed by atoms with E-state index in [0.29, 0.717) is 0 Å². The van der Waals surface area contributed by atoms with E-state index in [1.807, 2.05) is 0 Å². The summed E-state index contributed by atoms with van der Waals surface area (Å²) in [4.78, 5) is 0. The lowest BCUT2D eigenvalue weighted by Gasteiger charge is -2.27. The highest BCUT2D eigenvalue weighted by Gasteiger charge is 2.18. The Kier molecular flexibility index (Phi) is 2.00. The Morgan fingerprint density at radius 2 is 1.73 bits per heavy atom. The van der Waals surface area contributed by atoms with Crippen LogP contribution in [0.4, 0.5) is 0 Å². The van der Waals surface area contributed by atoms with Gasteiger partial charge in [-0.05, 0) is 23.3 Å². The highest BCUT2D eigenvalue weighted by molar-refractivity contribution is 5.83. The van der Waals surface area contributed by atoms with E-state index in [0.717, 1.165) is 19.0 Å². The molecule has 0 saturated carbocycles. The number of hydrogen-bond donors (Lipinski definition) is 1. The van der Waals surface area contributed by atoms with Crippen molar-refractivity contribution in [2.24, 2.45) is 0 Å². The molecule has 0 spiro atoms. The summed E-state index contributed by atoms with van der Waals surface area (Å²) in [5, 5.41) is 6.04. The van der Waals surface area contributed by atoms with E-state index in [1.54, 1.807) is 0 Å². The summed E-state index contributed by atoms with van der Waals surface area (Å²) in [7, 11) is 0. The zero-order valence-electron chi connectivity index (χ0n) is 8.96. The highest BCUT2D eigenvalue weighted by Crippen LogP contribution is 2.24. The van der Waals surface area contributed by atoms with Crippen LogP contribution in [0.5, 0.6) is 0 Å². The van der Waals surface area contributed by atoms with Gasteiger partial charge in [-0.2, -0.15) is 0 Å². The maximum absolute atomic E-state index is 3.32. The Bertz CT molecular complexity index is 498. The second-order valence-corrected chi connectivity index (χ2v) is 4.47. The van der Waals surface area contributed by atoms with Gasteiger partial charge in [-0.3, -0.25) is 0 Å². The molecular formula is C14H15N. The molecule has 2 aromatic rings. The van der Waals surface area contributed by atoms with Crippen LogP contribution in [-0.2, 0) is 0 Å². The summed E-state index contributed by atoms with van der Waals surface area (Å²) in [6.07, 6.45) is 0. The molecule has 1 fully saturated rings. The molecule has 0 amide bonds. The normalized spacial score (nSPS) is 16.6. The maximum Gasteiger partial charge on any atom is 0.00887 e. The topological polar surface area (TPSA) is 12.0 Å². The van der Waals surface area contributed by atoms with Crippen molar-refractivity contribution in [2.75, 3.05) is 13.1 Å². The summed E-state index contributed by atoms with van der Waals surface area (Å²) in [5.41, 5.74) is 2.81. The average molecular weight is 197 g/mol. The van der Waals surface area contributed by atoms with Crippen LogP contribution in [0, 0.1) is 6.92 Å². The van der Waals surface area contributed by atoms with Gasteiger partial charge in [-0.25, -0.2) is 0 Å². The smallest absolute Gasteiger partial charge is 0.00887 e. The quantitative estimate of drug-likeness (QED) is 0.741. The van der Waals surface area contributed by atoms with Crippen molar-refractivity contribution in [3.8, 4) is 0 Å². The number of rotatable bonds is 1. The summed E-state index contributed by atoms with van der Waals surface area (Å²) in [6, 6.07) is 13.5. The van der Waals surface area contributed by atoms with E-state index in [4.69, 9.17) is 0 Å².